The van der Waals surface area contributed by atoms with Gasteiger partial charge in [0.2, 0.25) is 0 Å². The SMILES string of the molecule is CCc1ccc(Cc2ccc(C#N)c(C(F)(F)F)c2)c(C#N)c1. The van der Waals surface area contributed by atoms with Crippen LogP contribution in [0.5, 0.6) is 0 Å². The monoisotopic (exact) mass is 314 g/mol. The van der Waals surface area contributed by atoms with E-state index in [1.54, 1.807) is 18.2 Å². The molecule has 0 N–H and O–H groups in total. The smallest absolute Gasteiger partial charge is 0.192 e. The lowest BCUT2D eigenvalue weighted by Crippen LogP contribution is -2.09. The molecular formula is C18H13F3N2. The van der Waals surface area contributed by atoms with Crippen molar-refractivity contribution in [1.82, 2.24) is 0 Å². The van der Waals surface area contributed by atoms with E-state index >= 15 is 0 Å². The largest absolute Gasteiger partial charge is 0.417 e. The molecule has 0 aliphatic carbocycles. The Labute approximate surface area is 132 Å². The third kappa shape index (κ3) is 3.70. The Morgan fingerprint density at radius 1 is 0.913 bits per heavy atom. The van der Waals surface area contributed by atoms with Gasteiger partial charge >= 0.3 is 6.18 Å². The Morgan fingerprint density at radius 2 is 1.57 bits per heavy atom. The van der Waals surface area contributed by atoms with E-state index in [0.717, 1.165) is 18.1 Å². The summed E-state index contributed by atoms with van der Waals surface area (Å²) in [6.07, 6.45) is -3.59. The molecule has 0 atom stereocenters. The topological polar surface area (TPSA) is 47.6 Å². The summed E-state index contributed by atoms with van der Waals surface area (Å²) in [4.78, 5) is 0. The van der Waals surface area contributed by atoms with Crippen LogP contribution in [0.3, 0.4) is 0 Å². The van der Waals surface area contributed by atoms with Crippen molar-refractivity contribution in [3.63, 3.8) is 0 Å². The van der Waals surface area contributed by atoms with Gasteiger partial charge in [0.1, 0.15) is 0 Å². The molecule has 0 spiro atoms. The van der Waals surface area contributed by atoms with Crippen molar-refractivity contribution in [3.8, 4) is 12.1 Å². The fourth-order valence-corrected chi connectivity index (χ4v) is 2.36. The zero-order chi connectivity index (χ0) is 17.0. The predicted molar refractivity (Wildman–Crippen MR) is 79.5 cm³/mol. The number of hydrogen-bond acceptors (Lipinski definition) is 2. The van der Waals surface area contributed by atoms with E-state index in [-0.39, 0.29) is 6.42 Å². The standard InChI is InChI=1S/C18H13F3N2/c1-2-12-3-5-14(16(7-12)11-23)8-13-4-6-15(10-22)17(9-13)18(19,20)21/h3-7,9H,2,8H2,1H3. The van der Waals surface area contributed by atoms with Gasteiger partial charge in [-0.3, -0.25) is 0 Å². The average molecular weight is 314 g/mol. The predicted octanol–water partition coefficient (Wildman–Crippen LogP) is 4.60. The Morgan fingerprint density at radius 3 is 2.13 bits per heavy atom. The van der Waals surface area contributed by atoms with Crippen molar-refractivity contribution in [3.05, 3.63) is 69.8 Å². The number of nitrogens with zero attached hydrogens (tertiary/aromatic N) is 2. The first kappa shape index (κ1) is 16.6. The van der Waals surface area contributed by atoms with Crippen LogP contribution >= 0.6 is 0 Å². The van der Waals surface area contributed by atoms with E-state index in [1.807, 2.05) is 13.0 Å². The lowest BCUT2D eigenvalue weighted by molar-refractivity contribution is -0.137. The first-order valence-corrected chi connectivity index (χ1v) is 7.01. The van der Waals surface area contributed by atoms with Crippen LogP contribution in [-0.4, -0.2) is 0 Å². The highest BCUT2D eigenvalue weighted by Crippen LogP contribution is 2.33. The zero-order valence-corrected chi connectivity index (χ0v) is 12.4. The van der Waals surface area contributed by atoms with Gasteiger partial charge in [-0.1, -0.05) is 25.1 Å². The summed E-state index contributed by atoms with van der Waals surface area (Å²) in [6.45, 7) is 1.96. The lowest BCUT2D eigenvalue weighted by atomic mass is 9.95. The zero-order valence-electron chi connectivity index (χ0n) is 12.4. The molecule has 0 aliphatic heterocycles. The lowest BCUT2D eigenvalue weighted by Gasteiger charge is -2.12. The third-order valence-electron chi connectivity index (χ3n) is 3.61. The molecule has 0 saturated heterocycles. The Hall–Kier alpha value is -2.79. The maximum atomic E-state index is 13.0. The Balaban J connectivity index is 2.42. The fourth-order valence-electron chi connectivity index (χ4n) is 2.36. The van der Waals surface area contributed by atoms with Crippen molar-refractivity contribution in [2.75, 3.05) is 0 Å². The number of halogens is 3. The minimum atomic E-state index is -4.58. The molecule has 0 fully saturated rings. The number of aryl methyl sites for hydroxylation is 1. The first-order valence-electron chi connectivity index (χ1n) is 7.01. The second kappa shape index (κ2) is 6.54. The van der Waals surface area contributed by atoms with Crippen molar-refractivity contribution in [1.29, 1.82) is 10.5 Å². The number of hydrogen-bond donors (Lipinski definition) is 0. The molecule has 0 heterocycles. The highest BCUT2D eigenvalue weighted by molar-refractivity contribution is 5.46. The molecule has 0 aromatic heterocycles. The van der Waals surface area contributed by atoms with Crippen LogP contribution in [0.2, 0.25) is 0 Å². The average Bonchev–Trinajstić information content (AvgIpc) is 2.54. The summed E-state index contributed by atoms with van der Waals surface area (Å²) in [5.74, 6) is 0. The molecule has 0 amide bonds. The highest BCUT2D eigenvalue weighted by Gasteiger charge is 2.33. The van der Waals surface area contributed by atoms with Gasteiger partial charge in [0.25, 0.3) is 0 Å². The minimum Gasteiger partial charge on any atom is -0.192 e. The van der Waals surface area contributed by atoms with E-state index < -0.39 is 17.3 Å². The van der Waals surface area contributed by atoms with Gasteiger partial charge in [-0.15, -0.1) is 0 Å². The molecule has 0 aliphatic rings. The molecule has 0 radical (unpaired) electrons. The quantitative estimate of drug-likeness (QED) is 0.831. The van der Waals surface area contributed by atoms with Gasteiger partial charge in [-0.05, 0) is 47.7 Å². The van der Waals surface area contributed by atoms with E-state index in [9.17, 15) is 18.4 Å². The van der Waals surface area contributed by atoms with Gasteiger partial charge in [0, 0.05) is 0 Å². The summed E-state index contributed by atoms with van der Waals surface area (Å²) in [5.41, 5.74) is 1.20. The van der Waals surface area contributed by atoms with Gasteiger partial charge in [0.15, 0.2) is 0 Å². The molecule has 2 aromatic carbocycles. The maximum Gasteiger partial charge on any atom is 0.417 e. The molecule has 0 bridgehead atoms. The summed E-state index contributed by atoms with van der Waals surface area (Å²) < 4.78 is 39.0. The van der Waals surface area contributed by atoms with Crippen LogP contribution in [0.25, 0.3) is 0 Å². The number of nitriles is 2. The molecule has 0 saturated carbocycles. The first-order chi connectivity index (χ1) is 10.9. The van der Waals surface area contributed by atoms with Crippen molar-refractivity contribution >= 4 is 0 Å². The summed E-state index contributed by atoms with van der Waals surface area (Å²) >= 11 is 0. The normalized spacial score (nSPS) is 10.9. The van der Waals surface area contributed by atoms with Crippen LogP contribution in [0.4, 0.5) is 13.2 Å². The number of benzene rings is 2. The summed E-state index contributed by atoms with van der Waals surface area (Å²) in [6, 6.07) is 12.7. The van der Waals surface area contributed by atoms with Crippen molar-refractivity contribution < 1.29 is 13.2 Å². The van der Waals surface area contributed by atoms with Crippen LogP contribution in [0.15, 0.2) is 36.4 Å². The van der Waals surface area contributed by atoms with Gasteiger partial charge in [0.05, 0.1) is 28.8 Å². The van der Waals surface area contributed by atoms with E-state index in [1.165, 1.54) is 12.1 Å². The number of rotatable bonds is 3. The van der Waals surface area contributed by atoms with Crippen LogP contribution < -0.4 is 0 Å². The molecule has 5 heteroatoms. The van der Waals surface area contributed by atoms with Crippen molar-refractivity contribution in [2.24, 2.45) is 0 Å². The van der Waals surface area contributed by atoms with E-state index in [0.29, 0.717) is 16.7 Å². The van der Waals surface area contributed by atoms with E-state index in [2.05, 4.69) is 6.07 Å². The molecule has 0 unspecified atom stereocenters. The van der Waals surface area contributed by atoms with Gasteiger partial charge in [-0.25, -0.2) is 0 Å². The Kier molecular flexibility index (Phi) is 4.71. The van der Waals surface area contributed by atoms with Gasteiger partial charge < -0.3 is 0 Å². The molecule has 23 heavy (non-hydrogen) atoms. The van der Waals surface area contributed by atoms with Crippen LogP contribution in [0.1, 0.15) is 40.3 Å². The molecule has 2 rings (SSSR count). The minimum absolute atomic E-state index is 0.210. The van der Waals surface area contributed by atoms with Crippen molar-refractivity contribution in [2.45, 2.75) is 25.9 Å². The third-order valence-corrected chi connectivity index (χ3v) is 3.61. The second-order valence-electron chi connectivity index (χ2n) is 5.12. The maximum absolute atomic E-state index is 13.0. The van der Waals surface area contributed by atoms with Crippen LogP contribution in [0, 0.1) is 22.7 Å². The molecule has 2 nitrogen and oxygen atoms in total. The summed E-state index contributed by atoms with van der Waals surface area (Å²) in [7, 11) is 0. The van der Waals surface area contributed by atoms with E-state index in [4.69, 9.17) is 5.26 Å². The highest BCUT2D eigenvalue weighted by atomic mass is 19.4. The summed E-state index contributed by atoms with van der Waals surface area (Å²) in [5, 5.41) is 18.0. The fraction of sp³-hybridized carbons (Fsp3) is 0.222. The number of alkyl halides is 3. The second-order valence-corrected chi connectivity index (χ2v) is 5.12. The van der Waals surface area contributed by atoms with Gasteiger partial charge in [-0.2, -0.15) is 23.7 Å². The van der Waals surface area contributed by atoms with Crippen LogP contribution in [-0.2, 0) is 19.0 Å². The molecule has 116 valence electrons. The Bertz CT molecular complexity index is 808. The molecular weight excluding hydrogens is 301 g/mol. The molecule has 2 aromatic rings.